The molecule has 10 heteroatoms. The third-order valence-corrected chi connectivity index (χ3v) is 4.20. The van der Waals surface area contributed by atoms with Gasteiger partial charge in [0.2, 0.25) is 23.6 Å². The van der Waals surface area contributed by atoms with E-state index in [9.17, 15) is 19.2 Å². The number of carbonyl (C=O) groups excluding carboxylic acids is 4. The number of amides is 4. The Labute approximate surface area is 153 Å². The SMILES string of the molecule is CC[C@H](C)[C@H](N)C(=O)N[C@@H](CC(N)=O)C(=O)N[C@@H](CCCCN)C(N)=O. The van der Waals surface area contributed by atoms with E-state index in [4.69, 9.17) is 22.9 Å². The molecule has 0 fully saturated rings. The largest absolute Gasteiger partial charge is 0.370 e. The highest BCUT2D eigenvalue weighted by Crippen LogP contribution is 2.07. The molecular weight excluding hydrogens is 340 g/mol. The predicted octanol–water partition coefficient (Wildman–Crippen LogP) is -2.18. The van der Waals surface area contributed by atoms with Gasteiger partial charge in [-0.15, -0.1) is 0 Å². The fraction of sp³-hybridized carbons (Fsp3) is 0.750. The van der Waals surface area contributed by atoms with Gasteiger partial charge in [0.1, 0.15) is 12.1 Å². The molecule has 0 saturated heterocycles. The first-order valence-electron chi connectivity index (χ1n) is 8.77. The van der Waals surface area contributed by atoms with Gasteiger partial charge in [-0.05, 0) is 31.7 Å². The minimum Gasteiger partial charge on any atom is -0.370 e. The van der Waals surface area contributed by atoms with E-state index in [2.05, 4.69) is 10.6 Å². The van der Waals surface area contributed by atoms with Crippen LogP contribution in [0.2, 0.25) is 0 Å². The van der Waals surface area contributed by atoms with E-state index < -0.39 is 48.2 Å². The molecule has 26 heavy (non-hydrogen) atoms. The van der Waals surface area contributed by atoms with Crippen LogP contribution < -0.4 is 33.6 Å². The van der Waals surface area contributed by atoms with Crippen molar-refractivity contribution in [2.45, 2.75) is 64.1 Å². The maximum absolute atomic E-state index is 12.4. The zero-order valence-electron chi connectivity index (χ0n) is 15.5. The van der Waals surface area contributed by atoms with Gasteiger partial charge < -0.3 is 33.6 Å². The summed E-state index contributed by atoms with van der Waals surface area (Å²) in [7, 11) is 0. The number of rotatable bonds is 13. The molecule has 0 saturated carbocycles. The average Bonchev–Trinajstić information content (AvgIpc) is 2.58. The molecule has 0 aromatic carbocycles. The minimum atomic E-state index is -1.23. The van der Waals surface area contributed by atoms with Crippen LogP contribution in [0.4, 0.5) is 0 Å². The topological polar surface area (TPSA) is 196 Å². The van der Waals surface area contributed by atoms with E-state index in [1.807, 2.05) is 6.92 Å². The number of nitrogens with one attached hydrogen (secondary N) is 2. The van der Waals surface area contributed by atoms with E-state index in [0.29, 0.717) is 32.2 Å². The highest BCUT2D eigenvalue weighted by molar-refractivity contribution is 5.95. The molecule has 150 valence electrons. The Balaban J connectivity index is 5.03. The molecule has 0 aromatic rings. The number of unbranched alkanes of at least 4 members (excludes halogenated alkanes) is 1. The molecule has 0 unspecified atom stereocenters. The van der Waals surface area contributed by atoms with Crippen LogP contribution in [-0.2, 0) is 19.2 Å². The Hall–Kier alpha value is -2.20. The van der Waals surface area contributed by atoms with Crippen molar-refractivity contribution in [3.63, 3.8) is 0 Å². The molecule has 0 rings (SSSR count). The number of hydrogen-bond donors (Lipinski definition) is 6. The molecular formula is C16H32N6O4. The molecule has 0 radical (unpaired) electrons. The first-order valence-corrected chi connectivity index (χ1v) is 8.77. The number of hydrogen-bond acceptors (Lipinski definition) is 6. The average molecular weight is 372 g/mol. The summed E-state index contributed by atoms with van der Waals surface area (Å²) in [6.45, 7) is 4.13. The second-order valence-electron chi connectivity index (χ2n) is 6.39. The van der Waals surface area contributed by atoms with Gasteiger partial charge in [0.25, 0.3) is 0 Å². The maximum Gasteiger partial charge on any atom is 0.243 e. The van der Waals surface area contributed by atoms with Crippen molar-refractivity contribution in [3.8, 4) is 0 Å². The second-order valence-corrected chi connectivity index (χ2v) is 6.39. The Morgan fingerprint density at radius 1 is 0.962 bits per heavy atom. The molecule has 0 aliphatic rings. The molecule has 4 atom stereocenters. The van der Waals surface area contributed by atoms with E-state index in [-0.39, 0.29) is 5.92 Å². The van der Waals surface area contributed by atoms with E-state index in [1.54, 1.807) is 6.92 Å². The smallest absolute Gasteiger partial charge is 0.243 e. The van der Waals surface area contributed by atoms with Crippen molar-refractivity contribution in [3.05, 3.63) is 0 Å². The summed E-state index contributed by atoms with van der Waals surface area (Å²) in [6, 6.07) is -2.99. The summed E-state index contributed by atoms with van der Waals surface area (Å²) in [5.74, 6) is -2.89. The summed E-state index contributed by atoms with van der Waals surface area (Å²) in [5.41, 5.74) is 21.7. The van der Waals surface area contributed by atoms with Gasteiger partial charge in [0.15, 0.2) is 0 Å². The molecule has 0 bridgehead atoms. The van der Waals surface area contributed by atoms with Crippen LogP contribution in [0, 0.1) is 5.92 Å². The van der Waals surface area contributed by atoms with Gasteiger partial charge >= 0.3 is 0 Å². The zero-order chi connectivity index (χ0) is 20.3. The molecule has 0 spiro atoms. The summed E-state index contributed by atoms with van der Waals surface area (Å²) in [5, 5.41) is 4.88. The Morgan fingerprint density at radius 2 is 1.54 bits per heavy atom. The van der Waals surface area contributed by atoms with Crippen molar-refractivity contribution >= 4 is 23.6 Å². The van der Waals surface area contributed by atoms with Gasteiger partial charge in [0, 0.05) is 0 Å². The first kappa shape index (κ1) is 23.8. The third kappa shape index (κ3) is 8.77. The Bertz CT molecular complexity index is 499. The lowest BCUT2D eigenvalue weighted by Gasteiger charge is -2.24. The fourth-order valence-electron chi connectivity index (χ4n) is 2.24. The van der Waals surface area contributed by atoms with Crippen LogP contribution in [0.3, 0.4) is 0 Å². The fourth-order valence-corrected chi connectivity index (χ4v) is 2.24. The minimum absolute atomic E-state index is 0.109. The Morgan fingerprint density at radius 3 is 2.00 bits per heavy atom. The highest BCUT2D eigenvalue weighted by Gasteiger charge is 2.29. The number of carbonyl (C=O) groups is 4. The lowest BCUT2D eigenvalue weighted by Crippen LogP contribution is -2.57. The number of primary amides is 2. The normalized spacial score (nSPS) is 15.4. The van der Waals surface area contributed by atoms with Gasteiger partial charge in [-0.1, -0.05) is 20.3 Å². The molecule has 0 aliphatic carbocycles. The van der Waals surface area contributed by atoms with E-state index in [1.165, 1.54) is 0 Å². The third-order valence-electron chi connectivity index (χ3n) is 4.20. The lowest BCUT2D eigenvalue weighted by atomic mass is 9.99. The van der Waals surface area contributed by atoms with Gasteiger partial charge in [-0.2, -0.15) is 0 Å². The van der Waals surface area contributed by atoms with Crippen molar-refractivity contribution in [1.29, 1.82) is 0 Å². The van der Waals surface area contributed by atoms with E-state index in [0.717, 1.165) is 0 Å². The predicted molar refractivity (Wildman–Crippen MR) is 97.2 cm³/mol. The second kappa shape index (κ2) is 12.2. The van der Waals surface area contributed by atoms with Gasteiger partial charge in [-0.25, -0.2) is 0 Å². The highest BCUT2D eigenvalue weighted by atomic mass is 16.2. The molecule has 4 amide bonds. The van der Waals surface area contributed by atoms with Crippen molar-refractivity contribution in [2.24, 2.45) is 28.9 Å². The molecule has 10 N–H and O–H groups in total. The van der Waals surface area contributed by atoms with Crippen molar-refractivity contribution in [1.82, 2.24) is 10.6 Å². The standard InChI is InChI=1S/C16H32N6O4/c1-3-9(2)13(19)16(26)22-11(8-12(18)23)15(25)21-10(14(20)24)6-4-5-7-17/h9-11,13H,3-8,17,19H2,1-2H3,(H2,18,23)(H2,20,24)(H,21,25)(H,22,26)/t9-,10-,11-,13-/m0/s1. The molecule has 0 aromatic heterocycles. The van der Waals surface area contributed by atoms with Crippen LogP contribution in [0.15, 0.2) is 0 Å². The quantitative estimate of drug-likeness (QED) is 0.199. The zero-order valence-corrected chi connectivity index (χ0v) is 15.5. The van der Waals surface area contributed by atoms with Gasteiger partial charge in [-0.3, -0.25) is 19.2 Å². The first-order chi connectivity index (χ1) is 12.1. The van der Waals surface area contributed by atoms with Crippen LogP contribution in [-0.4, -0.2) is 48.3 Å². The van der Waals surface area contributed by atoms with Crippen LogP contribution in [0.5, 0.6) is 0 Å². The Kier molecular flexibility index (Phi) is 11.2. The van der Waals surface area contributed by atoms with Crippen LogP contribution in [0.1, 0.15) is 46.0 Å². The number of nitrogens with two attached hydrogens (primary N) is 4. The molecule has 10 nitrogen and oxygen atoms in total. The van der Waals surface area contributed by atoms with Crippen LogP contribution in [0.25, 0.3) is 0 Å². The molecule has 0 aliphatic heterocycles. The molecule has 0 heterocycles. The summed E-state index contributed by atoms with van der Waals surface area (Å²) < 4.78 is 0. The van der Waals surface area contributed by atoms with E-state index >= 15 is 0 Å². The van der Waals surface area contributed by atoms with Crippen molar-refractivity contribution < 1.29 is 19.2 Å². The van der Waals surface area contributed by atoms with Gasteiger partial charge in [0.05, 0.1) is 12.5 Å². The summed E-state index contributed by atoms with van der Waals surface area (Å²) in [6.07, 6.45) is 1.83. The monoisotopic (exact) mass is 372 g/mol. The summed E-state index contributed by atoms with van der Waals surface area (Å²) >= 11 is 0. The summed E-state index contributed by atoms with van der Waals surface area (Å²) in [4.78, 5) is 47.4. The van der Waals surface area contributed by atoms with Crippen molar-refractivity contribution in [2.75, 3.05) is 6.54 Å². The lowest BCUT2D eigenvalue weighted by molar-refractivity contribution is -0.133. The maximum atomic E-state index is 12.4. The van der Waals surface area contributed by atoms with Crippen LogP contribution >= 0.6 is 0 Å².